The van der Waals surface area contributed by atoms with Crippen molar-refractivity contribution in [1.29, 1.82) is 0 Å². The van der Waals surface area contributed by atoms with Crippen molar-refractivity contribution in [2.45, 2.75) is 37.9 Å². The number of benzene rings is 2. The molecule has 0 aromatic heterocycles. The van der Waals surface area contributed by atoms with Crippen LogP contribution in [0.25, 0.3) is 0 Å². The van der Waals surface area contributed by atoms with Gasteiger partial charge in [0.05, 0.1) is 33.0 Å². The predicted molar refractivity (Wildman–Crippen MR) is 115 cm³/mol. The van der Waals surface area contributed by atoms with Gasteiger partial charge in [-0.1, -0.05) is 30.3 Å². The van der Waals surface area contributed by atoms with Gasteiger partial charge in [0.2, 0.25) is 0 Å². The number of fused-ring (bicyclic) bond motifs is 1. The molecule has 5 nitrogen and oxygen atoms in total. The SMILES string of the molecule is COc1ccc(CCN(C)C[C@@H](O)CO[C@H]2CCCc3ccccc32)cc1OC. The second-order valence-corrected chi connectivity index (χ2v) is 7.77. The fraction of sp³-hybridized carbons (Fsp3) is 0.500. The van der Waals surface area contributed by atoms with Crippen molar-refractivity contribution in [3.63, 3.8) is 0 Å². The third-order valence-corrected chi connectivity index (χ3v) is 5.56. The first-order chi connectivity index (χ1) is 14.1. The van der Waals surface area contributed by atoms with E-state index in [9.17, 15) is 5.11 Å². The lowest BCUT2D eigenvalue weighted by Gasteiger charge is -2.27. The summed E-state index contributed by atoms with van der Waals surface area (Å²) in [7, 11) is 5.31. The average molecular weight is 400 g/mol. The minimum absolute atomic E-state index is 0.103. The van der Waals surface area contributed by atoms with Crippen LogP contribution < -0.4 is 9.47 Å². The van der Waals surface area contributed by atoms with Crippen LogP contribution in [0, 0.1) is 0 Å². The summed E-state index contributed by atoms with van der Waals surface area (Å²) in [4.78, 5) is 2.14. The van der Waals surface area contributed by atoms with E-state index in [1.807, 2.05) is 19.2 Å². The Bertz CT molecular complexity index is 779. The molecule has 0 heterocycles. The molecule has 0 unspecified atom stereocenters. The largest absolute Gasteiger partial charge is 0.493 e. The van der Waals surface area contributed by atoms with Crippen LogP contribution in [0.5, 0.6) is 11.5 Å². The van der Waals surface area contributed by atoms with E-state index in [0.29, 0.717) is 13.2 Å². The Hall–Kier alpha value is -2.08. The lowest BCUT2D eigenvalue weighted by molar-refractivity contribution is -0.0258. The molecule has 0 fully saturated rings. The first-order valence-corrected chi connectivity index (χ1v) is 10.4. The van der Waals surface area contributed by atoms with Crippen LogP contribution >= 0.6 is 0 Å². The number of methoxy groups -OCH3 is 2. The Balaban J connectivity index is 1.43. The summed E-state index contributed by atoms with van der Waals surface area (Å²) in [6, 6.07) is 14.5. The molecule has 0 bridgehead atoms. The van der Waals surface area contributed by atoms with Crippen LogP contribution in [0.15, 0.2) is 42.5 Å². The Kier molecular flexibility index (Phi) is 7.92. The first-order valence-electron chi connectivity index (χ1n) is 10.4. The molecule has 158 valence electrons. The smallest absolute Gasteiger partial charge is 0.160 e. The van der Waals surface area contributed by atoms with Gasteiger partial charge in [0.1, 0.15) is 0 Å². The molecular weight excluding hydrogens is 366 g/mol. The van der Waals surface area contributed by atoms with E-state index < -0.39 is 6.10 Å². The fourth-order valence-corrected chi connectivity index (χ4v) is 3.97. The molecule has 29 heavy (non-hydrogen) atoms. The van der Waals surface area contributed by atoms with Gasteiger partial charge in [0.25, 0.3) is 0 Å². The number of hydrogen-bond donors (Lipinski definition) is 1. The molecule has 1 aliphatic rings. The second-order valence-electron chi connectivity index (χ2n) is 7.77. The number of hydrogen-bond acceptors (Lipinski definition) is 5. The van der Waals surface area contributed by atoms with Crippen LogP contribution in [0.1, 0.15) is 35.6 Å². The summed E-state index contributed by atoms with van der Waals surface area (Å²) in [5, 5.41) is 10.4. The summed E-state index contributed by atoms with van der Waals surface area (Å²) in [5.41, 5.74) is 3.84. The van der Waals surface area contributed by atoms with E-state index in [4.69, 9.17) is 14.2 Å². The molecule has 0 radical (unpaired) electrons. The predicted octanol–water partition coefficient (Wildman–Crippen LogP) is 3.63. The monoisotopic (exact) mass is 399 g/mol. The zero-order chi connectivity index (χ0) is 20.6. The van der Waals surface area contributed by atoms with Crippen molar-refractivity contribution in [2.24, 2.45) is 0 Å². The van der Waals surface area contributed by atoms with E-state index >= 15 is 0 Å². The normalized spacial score (nSPS) is 17.1. The zero-order valence-electron chi connectivity index (χ0n) is 17.8. The van der Waals surface area contributed by atoms with Crippen LogP contribution in [0.3, 0.4) is 0 Å². The molecule has 0 saturated carbocycles. The molecule has 2 aromatic carbocycles. The lowest BCUT2D eigenvalue weighted by atomic mass is 9.89. The van der Waals surface area contributed by atoms with Crippen molar-refractivity contribution in [3.8, 4) is 11.5 Å². The van der Waals surface area contributed by atoms with E-state index in [2.05, 4.69) is 35.2 Å². The van der Waals surface area contributed by atoms with Gasteiger partial charge in [-0.2, -0.15) is 0 Å². The molecule has 1 aliphatic carbocycles. The van der Waals surface area contributed by atoms with Crippen LogP contribution in [0.4, 0.5) is 0 Å². The zero-order valence-corrected chi connectivity index (χ0v) is 17.8. The van der Waals surface area contributed by atoms with Crippen molar-refractivity contribution < 1.29 is 19.3 Å². The quantitative estimate of drug-likeness (QED) is 0.661. The molecule has 0 aliphatic heterocycles. The Morgan fingerprint density at radius 1 is 1.10 bits per heavy atom. The third-order valence-electron chi connectivity index (χ3n) is 5.56. The van der Waals surface area contributed by atoms with Gasteiger partial charge >= 0.3 is 0 Å². The van der Waals surface area contributed by atoms with E-state index in [1.165, 1.54) is 16.7 Å². The summed E-state index contributed by atoms with van der Waals surface area (Å²) in [6.45, 7) is 1.79. The lowest BCUT2D eigenvalue weighted by Crippen LogP contribution is -2.34. The minimum Gasteiger partial charge on any atom is -0.493 e. The maximum atomic E-state index is 10.4. The van der Waals surface area contributed by atoms with Crippen molar-refractivity contribution >= 4 is 0 Å². The number of aryl methyl sites for hydroxylation is 1. The number of nitrogens with zero attached hydrogens (tertiary/aromatic N) is 1. The van der Waals surface area contributed by atoms with Gasteiger partial charge < -0.3 is 24.2 Å². The molecule has 2 atom stereocenters. The van der Waals surface area contributed by atoms with Gasteiger partial charge in [-0.05, 0) is 61.6 Å². The number of ether oxygens (including phenoxy) is 3. The van der Waals surface area contributed by atoms with Crippen LogP contribution in [-0.4, -0.2) is 57.1 Å². The Labute approximate surface area is 174 Å². The molecular formula is C24H33NO4. The topological polar surface area (TPSA) is 51.2 Å². The maximum Gasteiger partial charge on any atom is 0.160 e. The maximum absolute atomic E-state index is 10.4. The van der Waals surface area contributed by atoms with E-state index in [1.54, 1.807) is 14.2 Å². The minimum atomic E-state index is -0.500. The first kappa shape index (κ1) is 21.6. The molecule has 0 amide bonds. The highest BCUT2D eigenvalue weighted by Crippen LogP contribution is 2.32. The highest BCUT2D eigenvalue weighted by molar-refractivity contribution is 5.43. The fourth-order valence-electron chi connectivity index (χ4n) is 3.97. The number of aliphatic hydroxyl groups is 1. The highest BCUT2D eigenvalue weighted by Gasteiger charge is 2.21. The molecule has 2 aromatic rings. The van der Waals surface area contributed by atoms with Gasteiger partial charge in [-0.3, -0.25) is 0 Å². The van der Waals surface area contributed by atoms with E-state index in [-0.39, 0.29) is 6.10 Å². The van der Waals surface area contributed by atoms with Crippen LogP contribution in [0.2, 0.25) is 0 Å². The molecule has 5 heteroatoms. The summed E-state index contributed by atoms with van der Waals surface area (Å²) >= 11 is 0. The van der Waals surface area contributed by atoms with Crippen molar-refractivity contribution in [2.75, 3.05) is 41.0 Å². The average Bonchev–Trinajstić information content (AvgIpc) is 2.76. The number of rotatable bonds is 10. The van der Waals surface area contributed by atoms with Crippen LogP contribution in [-0.2, 0) is 17.6 Å². The van der Waals surface area contributed by atoms with Gasteiger partial charge in [-0.15, -0.1) is 0 Å². The molecule has 0 spiro atoms. The summed E-state index contributed by atoms with van der Waals surface area (Å²) < 4.78 is 16.7. The molecule has 1 N–H and O–H groups in total. The molecule has 3 rings (SSSR count). The summed E-state index contributed by atoms with van der Waals surface area (Å²) in [5.74, 6) is 1.48. The Morgan fingerprint density at radius 2 is 1.90 bits per heavy atom. The van der Waals surface area contributed by atoms with Gasteiger partial charge in [-0.25, -0.2) is 0 Å². The Morgan fingerprint density at radius 3 is 2.69 bits per heavy atom. The summed E-state index contributed by atoms with van der Waals surface area (Å²) in [6.07, 6.45) is 3.77. The van der Waals surface area contributed by atoms with E-state index in [0.717, 1.165) is 43.7 Å². The highest BCUT2D eigenvalue weighted by atomic mass is 16.5. The standard InChI is InChI=1S/C24H33NO4/c1-25(14-13-18-11-12-23(27-2)24(15-18)28-3)16-20(26)17-29-22-10-6-8-19-7-4-5-9-21(19)22/h4-5,7,9,11-12,15,20,22,26H,6,8,10,13-14,16-17H2,1-3H3/t20-,22+/m1/s1. The number of aliphatic hydroxyl groups excluding tert-OH is 1. The second kappa shape index (κ2) is 10.6. The van der Waals surface area contributed by atoms with Crippen molar-refractivity contribution in [1.82, 2.24) is 4.90 Å². The third kappa shape index (κ3) is 5.95. The number of likely N-dealkylation sites (N-methyl/N-ethyl adjacent to an activating group) is 1. The van der Waals surface area contributed by atoms with Gasteiger partial charge in [0.15, 0.2) is 11.5 Å². The van der Waals surface area contributed by atoms with Gasteiger partial charge in [0, 0.05) is 13.1 Å². The molecule has 0 saturated heterocycles. The van der Waals surface area contributed by atoms with Crippen molar-refractivity contribution in [3.05, 3.63) is 59.2 Å².